The quantitative estimate of drug-likeness (QED) is 0.763. The molecule has 3 aromatic rings. The molecule has 2 aromatic carbocycles. The van der Waals surface area contributed by atoms with Crippen molar-refractivity contribution in [3.8, 4) is 0 Å². The molecule has 5 heteroatoms. The van der Waals surface area contributed by atoms with E-state index in [-0.39, 0.29) is 11.8 Å². The third-order valence-electron chi connectivity index (χ3n) is 3.82. The molecule has 0 fully saturated rings. The molecule has 0 aliphatic heterocycles. The second kappa shape index (κ2) is 8.07. The van der Waals surface area contributed by atoms with Crippen molar-refractivity contribution in [2.24, 2.45) is 0 Å². The van der Waals surface area contributed by atoms with E-state index in [1.54, 1.807) is 47.5 Å². The van der Waals surface area contributed by atoms with E-state index in [2.05, 4.69) is 10.3 Å². The number of benzene rings is 2. The van der Waals surface area contributed by atoms with Gasteiger partial charge in [0.1, 0.15) is 5.82 Å². The summed E-state index contributed by atoms with van der Waals surface area (Å²) >= 11 is 0. The Morgan fingerprint density at radius 2 is 1.62 bits per heavy atom. The maximum Gasteiger partial charge on any atom is 0.261 e. The Kier molecular flexibility index (Phi) is 5.39. The van der Waals surface area contributed by atoms with Crippen LogP contribution in [0.5, 0.6) is 0 Å². The van der Waals surface area contributed by atoms with E-state index in [9.17, 15) is 9.59 Å². The molecule has 0 atom stereocenters. The standard InChI is InChI=1S/C21H19N3O2/c1-16(25)23-19-12-6-5-11-18(19)21(26)24(20-13-7-8-14-22-20)15-17-9-3-2-4-10-17/h2-14H,15H2,1H3,(H,23,25). The first-order chi connectivity index (χ1) is 12.6. The number of nitrogens with one attached hydrogen (secondary N) is 1. The van der Waals surface area contributed by atoms with Gasteiger partial charge in [0.05, 0.1) is 17.8 Å². The van der Waals surface area contributed by atoms with Gasteiger partial charge in [-0.2, -0.15) is 0 Å². The summed E-state index contributed by atoms with van der Waals surface area (Å²) in [7, 11) is 0. The molecule has 0 saturated carbocycles. The van der Waals surface area contributed by atoms with Gasteiger partial charge < -0.3 is 5.32 Å². The molecular formula is C21H19N3O2. The van der Waals surface area contributed by atoms with Crippen LogP contribution in [0.2, 0.25) is 0 Å². The molecule has 0 unspecified atom stereocenters. The maximum atomic E-state index is 13.3. The van der Waals surface area contributed by atoms with Crippen LogP contribution in [0, 0.1) is 0 Å². The summed E-state index contributed by atoms with van der Waals surface area (Å²) in [5.41, 5.74) is 1.90. The average molecular weight is 345 g/mol. The Hall–Kier alpha value is -3.47. The van der Waals surface area contributed by atoms with Gasteiger partial charge >= 0.3 is 0 Å². The van der Waals surface area contributed by atoms with Crippen LogP contribution >= 0.6 is 0 Å². The Labute approximate surface area is 152 Å². The molecule has 0 bridgehead atoms. The lowest BCUT2D eigenvalue weighted by Gasteiger charge is -2.23. The summed E-state index contributed by atoms with van der Waals surface area (Å²) in [4.78, 5) is 30.7. The topological polar surface area (TPSA) is 62.3 Å². The van der Waals surface area contributed by atoms with E-state index in [4.69, 9.17) is 0 Å². The molecule has 3 rings (SSSR count). The number of amides is 2. The van der Waals surface area contributed by atoms with Crippen molar-refractivity contribution < 1.29 is 9.59 Å². The molecule has 1 aromatic heterocycles. The number of pyridine rings is 1. The highest BCUT2D eigenvalue weighted by molar-refractivity contribution is 6.10. The fourth-order valence-electron chi connectivity index (χ4n) is 2.65. The number of carbonyl (C=O) groups excluding carboxylic acids is 2. The van der Waals surface area contributed by atoms with Gasteiger partial charge in [0.15, 0.2) is 0 Å². The first-order valence-electron chi connectivity index (χ1n) is 8.28. The molecule has 1 N–H and O–H groups in total. The summed E-state index contributed by atoms with van der Waals surface area (Å²) in [6.07, 6.45) is 1.65. The summed E-state index contributed by atoms with van der Waals surface area (Å²) in [5.74, 6) is 0.105. The van der Waals surface area contributed by atoms with Crippen LogP contribution in [0.15, 0.2) is 79.0 Å². The first-order valence-corrected chi connectivity index (χ1v) is 8.28. The summed E-state index contributed by atoms with van der Waals surface area (Å²) in [6.45, 7) is 1.80. The lowest BCUT2D eigenvalue weighted by molar-refractivity contribution is -0.114. The van der Waals surface area contributed by atoms with E-state index >= 15 is 0 Å². The molecule has 26 heavy (non-hydrogen) atoms. The minimum absolute atomic E-state index is 0.224. The fourth-order valence-corrected chi connectivity index (χ4v) is 2.65. The molecule has 0 aliphatic carbocycles. The predicted octanol–water partition coefficient (Wildman–Crippen LogP) is 3.89. The smallest absolute Gasteiger partial charge is 0.261 e. The van der Waals surface area contributed by atoms with Crippen LogP contribution in [-0.2, 0) is 11.3 Å². The number of aromatic nitrogens is 1. The lowest BCUT2D eigenvalue weighted by atomic mass is 10.1. The Balaban J connectivity index is 1.99. The van der Waals surface area contributed by atoms with Gasteiger partial charge in [0, 0.05) is 13.1 Å². The maximum absolute atomic E-state index is 13.3. The zero-order valence-electron chi connectivity index (χ0n) is 14.4. The van der Waals surface area contributed by atoms with Crippen LogP contribution in [-0.4, -0.2) is 16.8 Å². The largest absolute Gasteiger partial charge is 0.326 e. The van der Waals surface area contributed by atoms with Crippen molar-refractivity contribution in [3.05, 3.63) is 90.1 Å². The third kappa shape index (κ3) is 4.13. The monoisotopic (exact) mass is 345 g/mol. The van der Waals surface area contributed by atoms with Gasteiger partial charge in [-0.25, -0.2) is 4.98 Å². The van der Waals surface area contributed by atoms with E-state index < -0.39 is 0 Å². The molecule has 0 spiro atoms. The van der Waals surface area contributed by atoms with Crippen molar-refractivity contribution in [2.75, 3.05) is 10.2 Å². The molecule has 0 saturated heterocycles. The van der Waals surface area contributed by atoms with Crippen molar-refractivity contribution in [3.63, 3.8) is 0 Å². The van der Waals surface area contributed by atoms with Crippen LogP contribution in [0.4, 0.5) is 11.5 Å². The second-order valence-corrected chi connectivity index (χ2v) is 5.79. The lowest BCUT2D eigenvalue weighted by Crippen LogP contribution is -2.32. The molecule has 2 amide bonds. The zero-order chi connectivity index (χ0) is 18.4. The highest BCUT2D eigenvalue weighted by atomic mass is 16.2. The first kappa shape index (κ1) is 17.4. The number of anilines is 2. The van der Waals surface area contributed by atoms with E-state index in [0.29, 0.717) is 23.6 Å². The van der Waals surface area contributed by atoms with Crippen molar-refractivity contribution in [1.29, 1.82) is 0 Å². The predicted molar refractivity (Wildman–Crippen MR) is 102 cm³/mol. The molecule has 1 heterocycles. The number of rotatable bonds is 5. The van der Waals surface area contributed by atoms with Gasteiger partial charge in [0.25, 0.3) is 5.91 Å². The fraction of sp³-hybridized carbons (Fsp3) is 0.0952. The van der Waals surface area contributed by atoms with Crippen LogP contribution < -0.4 is 10.2 Å². The molecule has 0 aliphatic rings. The van der Waals surface area contributed by atoms with Gasteiger partial charge in [-0.1, -0.05) is 48.5 Å². The highest BCUT2D eigenvalue weighted by Gasteiger charge is 2.22. The van der Waals surface area contributed by atoms with Gasteiger partial charge in [0.2, 0.25) is 5.91 Å². The summed E-state index contributed by atoms with van der Waals surface area (Å²) < 4.78 is 0. The van der Waals surface area contributed by atoms with Crippen LogP contribution in [0.1, 0.15) is 22.8 Å². The van der Waals surface area contributed by atoms with Gasteiger partial charge in [-0.3, -0.25) is 14.5 Å². The number of para-hydroxylation sites is 1. The number of nitrogens with zero attached hydrogens (tertiary/aromatic N) is 2. The number of carbonyl (C=O) groups is 2. The van der Waals surface area contributed by atoms with E-state index in [1.807, 2.05) is 36.4 Å². The molecule has 130 valence electrons. The minimum atomic E-state index is -0.225. The SMILES string of the molecule is CC(=O)Nc1ccccc1C(=O)N(Cc1ccccc1)c1ccccn1. The Morgan fingerprint density at radius 3 is 2.31 bits per heavy atom. The zero-order valence-corrected chi connectivity index (χ0v) is 14.4. The normalized spacial score (nSPS) is 10.2. The van der Waals surface area contributed by atoms with Crippen molar-refractivity contribution >= 4 is 23.3 Å². The summed E-state index contributed by atoms with van der Waals surface area (Å²) in [5, 5.41) is 2.72. The van der Waals surface area contributed by atoms with Crippen molar-refractivity contribution in [1.82, 2.24) is 4.98 Å². The molecular weight excluding hydrogens is 326 g/mol. The Bertz CT molecular complexity index is 895. The van der Waals surface area contributed by atoms with E-state index in [1.165, 1.54) is 6.92 Å². The number of hydrogen-bond acceptors (Lipinski definition) is 3. The van der Waals surface area contributed by atoms with Crippen LogP contribution in [0.3, 0.4) is 0 Å². The average Bonchev–Trinajstić information content (AvgIpc) is 2.67. The molecule has 0 radical (unpaired) electrons. The number of hydrogen-bond donors (Lipinski definition) is 1. The highest BCUT2D eigenvalue weighted by Crippen LogP contribution is 2.22. The van der Waals surface area contributed by atoms with Crippen LogP contribution in [0.25, 0.3) is 0 Å². The van der Waals surface area contributed by atoms with Crippen molar-refractivity contribution in [2.45, 2.75) is 13.5 Å². The van der Waals surface area contributed by atoms with Gasteiger partial charge in [-0.15, -0.1) is 0 Å². The van der Waals surface area contributed by atoms with E-state index in [0.717, 1.165) is 5.56 Å². The summed E-state index contributed by atoms with van der Waals surface area (Å²) in [6, 6.07) is 22.1. The Morgan fingerprint density at radius 1 is 0.923 bits per heavy atom. The molecule has 5 nitrogen and oxygen atoms in total. The third-order valence-corrected chi connectivity index (χ3v) is 3.82. The second-order valence-electron chi connectivity index (χ2n) is 5.79. The van der Waals surface area contributed by atoms with Gasteiger partial charge in [-0.05, 0) is 29.8 Å². The minimum Gasteiger partial charge on any atom is -0.326 e.